The number of ether oxygens (including phenoxy) is 1. The summed E-state index contributed by atoms with van der Waals surface area (Å²) < 4.78 is 19.0. The van der Waals surface area contributed by atoms with Crippen LogP contribution in [-0.2, 0) is 4.74 Å². The second kappa shape index (κ2) is 5.21. The van der Waals surface area contributed by atoms with Gasteiger partial charge < -0.3 is 20.1 Å². The van der Waals surface area contributed by atoms with Crippen molar-refractivity contribution >= 4 is 0 Å². The highest BCUT2D eigenvalue weighted by Crippen LogP contribution is 2.26. The lowest BCUT2D eigenvalue weighted by molar-refractivity contribution is -0.207. The molecule has 2 heterocycles. The van der Waals surface area contributed by atoms with Crippen molar-refractivity contribution in [1.29, 1.82) is 0 Å². The van der Waals surface area contributed by atoms with Crippen LogP contribution in [0.15, 0.2) is 15.8 Å². The smallest absolute Gasteiger partial charge is 0.330 e. The molecule has 0 bridgehead atoms. The molecule has 1 aromatic rings. The van der Waals surface area contributed by atoms with Crippen LogP contribution in [0.5, 0.6) is 0 Å². The molecule has 8 nitrogen and oxygen atoms in total. The van der Waals surface area contributed by atoms with Crippen molar-refractivity contribution in [2.75, 3.05) is 6.61 Å². The van der Waals surface area contributed by atoms with E-state index in [4.69, 9.17) is 9.84 Å². The van der Waals surface area contributed by atoms with E-state index in [2.05, 4.69) is 0 Å². The molecule has 1 aliphatic rings. The Kier molecular flexibility index (Phi) is 3.80. The monoisotopic (exact) mass is 276 g/mol. The first-order chi connectivity index (χ1) is 8.93. The molecule has 1 aliphatic heterocycles. The Hall–Kier alpha value is -1.55. The van der Waals surface area contributed by atoms with Crippen LogP contribution in [0, 0.1) is 5.82 Å². The number of rotatable bonds is 2. The van der Waals surface area contributed by atoms with E-state index in [0.29, 0.717) is 10.8 Å². The van der Waals surface area contributed by atoms with Gasteiger partial charge in [0.25, 0.3) is 5.56 Å². The lowest BCUT2D eigenvalue weighted by Crippen LogP contribution is -2.49. The van der Waals surface area contributed by atoms with Crippen molar-refractivity contribution in [1.82, 2.24) is 9.55 Å². The number of nitrogens with one attached hydrogen (secondary N) is 1. The summed E-state index contributed by atoms with van der Waals surface area (Å²) in [5.41, 5.74) is -2.13. The summed E-state index contributed by atoms with van der Waals surface area (Å²) in [4.78, 5) is 24.2. The van der Waals surface area contributed by atoms with Crippen molar-refractivity contribution in [2.45, 2.75) is 31.0 Å². The maximum Gasteiger partial charge on any atom is 0.330 e. The van der Waals surface area contributed by atoms with Crippen LogP contribution < -0.4 is 11.2 Å². The second-order valence-electron chi connectivity index (χ2n) is 4.26. The van der Waals surface area contributed by atoms with Crippen molar-refractivity contribution in [3.8, 4) is 0 Å². The first kappa shape index (κ1) is 13.9. The second-order valence-corrected chi connectivity index (χ2v) is 4.26. The predicted octanol–water partition coefficient (Wildman–Crippen LogP) is -2.32. The third-order valence-corrected chi connectivity index (χ3v) is 2.93. The molecule has 4 atom stereocenters. The van der Waals surface area contributed by atoms with E-state index in [1.54, 1.807) is 4.98 Å². The van der Waals surface area contributed by atoms with E-state index in [-0.39, 0.29) is 6.42 Å². The number of hydrogen-bond donors (Lipinski definition) is 4. The van der Waals surface area contributed by atoms with Crippen molar-refractivity contribution < 1.29 is 24.4 Å². The molecule has 0 saturated carbocycles. The van der Waals surface area contributed by atoms with Crippen LogP contribution >= 0.6 is 0 Å². The first-order valence-electron chi connectivity index (χ1n) is 5.57. The van der Waals surface area contributed by atoms with Gasteiger partial charge in [0.2, 0.25) is 5.82 Å². The quantitative estimate of drug-likeness (QED) is 0.480. The van der Waals surface area contributed by atoms with Gasteiger partial charge in [-0.3, -0.25) is 14.3 Å². The van der Waals surface area contributed by atoms with E-state index in [1.165, 1.54) is 0 Å². The number of nitrogens with zero attached hydrogens (tertiary/aromatic N) is 1. The Balaban J connectivity index is 2.38. The molecule has 106 valence electrons. The van der Waals surface area contributed by atoms with Gasteiger partial charge >= 0.3 is 5.69 Å². The van der Waals surface area contributed by atoms with Gasteiger partial charge in [0.1, 0.15) is 12.2 Å². The van der Waals surface area contributed by atoms with E-state index >= 15 is 0 Å². The molecule has 9 heteroatoms. The van der Waals surface area contributed by atoms with Crippen molar-refractivity contribution in [3.63, 3.8) is 0 Å². The molecular formula is C10H13FN2O6. The lowest BCUT2D eigenvalue weighted by Gasteiger charge is -2.36. The zero-order chi connectivity index (χ0) is 14.2. The van der Waals surface area contributed by atoms with E-state index in [0.717, 1.165) is 0 Å². The zero-order valence-electron chi connectivity index (χ0n) is 9.69. The molecule has 1 saturated heterocycles. The molecule has 0 radical (unpaired) electrons. The standard InChI is InChI=1S/C10H13FN2O6/c11-4-2-13(10(18)12-8(4)17)9-6(16)1-5(15)7(3-14)19-9/h2,5-7,9,14-16H,1,3H2,(H,12,17,18)/t5?,6-,7+,9?/m0/s1. The Morgan fingerprint density at radius 1 is 1.42 bits per heavy atom. The molecule has 0 amide bonds. The molecular weight excluding hydrogens is 263 g/mol. The molecule has 1 aromatic heterocycles. The number of aromatic amines is 1. The number of halogens is 1. The predicted molar refractivity (Wildman–Crippen MR) is 58.9 cm³/mol. The third-order valence-electron chi connectivity index (χ3n) is 2.93. The van der Waals surface area contributed by atoms with Crippen LogP contribution in [0.3, 0.4) is 0 Å². The number of aliphatic hydroxyl groups excluding tert-OH is 3. The largest absolute Gasteiger partial charge is 0.394 e. The summed E-state index contributed by atoms with van der Waals surface area (Å²) in [5, 5.41) is 28.3. The van der Waals surface area contributed by atoms with Gasteiger partial charge in [-0.15, -0.1) is 0 Å². The summed E-state index contributed by atoms with van der Waals surface area (Å²) >= 11 is 0. The van der Waals surface area contributed by atoms with Crippen LogP contribution in [0.25, 0.3) is 0 Å². The SMILES string of the molecule is O=c1[nH]c(=O)n(C2O[C@H](CO)C(O)C[C@@H]2O)cc1F. The minimum Gasteiger partial charge on any atom is -0.394 e. The highest BCUT2D eigenvalue weighted by Gasteiger charge is 2.37. The molecule has 4 N–H and O–H groups in total. The summed E-state index contributed by atoms with van der Waals surface area (Å²) in [6.07, 6.45) is -4.21. The van der Waals surface area contributed by atoms with Gasteiger partial charge in [-0.1, -0.05) is 0 Å². The maximum atomic E-state index is 13.2. The molecule has 0 aromatic carbocycles. The number of hydrogen-bond acceptors (Lipinski definition) is 6. The van der Waals surface area contributed by atoms with E-state index in [1.807, 2.05) is 0 Å². The summed E-state index contributed by atoms with van der Waals surface area (Å²) in [6, 6.07) is 0. The van der Waals surface area contributed by atoms with E-state index < -0.39 is 48.2 Å². The van der Waals surface area contributed by atoms with Crippen molar-refractivity contribution in [3.05, 3.63) is 32.9 Å². The Labute approximate surface area is 105 Å². The summed E-state index contributed by atoms with van der Waals surface area (Å²) in [6.45, 7) is -0.523. The van der Waals surface area contributed by atoms with Gasteiger partial charge in [0.15, 0.2) is 6.23 Å². The van der Waals surface area contributed by atoms with Crippen LogP contribution in [0.4, 0.5) is 4.39 Å². The van der Waals surface area contributed by atoms with Gasteiger partial charge in [-0.05, 0) is 0 Å². The molecule has 1 fully saturated rings. The third kappa shape index (κ3) is 2.59. The average Bonchev–Trinajstić information content (AvgIpc) is 2.35. The fraction of sp³-hybridized carbons (Fsp3) is 0.600. The van der Waals surface area contributed by atoms with Gasteiger partial charge in [-0.2, -0.15) is 4.39 Å². The molecule has 19 heavy (non-hydrogen) atoms. The first-order valence-corrected chi connectivity index (χ1v) is 5.57. The molecule has 0 aliphatic carbocycles. The van der Waals surface area contributed by atoms with Crippen LogP contribution in [0.1, 0.15) is 12.6 Å². The van der Waals surface area contributed by atoms with Gasteiger partial charge in [0.05, 0.1) is 18.9 Å². The normalized spacial score (nSPS) is 31.4. The summed E-state index contributed by atoms with van der Waals surface area (Å²) in [7, 11) is 0. The Morgan fingerprint density at radius 3 is 2.74 bits per heavy atom. The number of aromatic nitrogens is 2. The fourth-order valence-corrected chi connectivity index (χ4v) is 1.94. The van der Waals surface area contributed by atoms with E-state index in [9.17, 15) is 24.2 Å². The number of H-pyrrole nitrogens is 1. The highest BCUT2D eigenvalue weighted by atomic mass is 19.1. The molecule has 2 rings (SSSR count). The summed E-state index contributed by atoms with van der Waals surface area (Å²) in [5.74, 6) is -1.21. The minimum atomic E-state index is -1.29. The Morgan fingerprint density at radius 2 is 2.11 bits per heavy atom. The van der Waals surface area contributed by atoms with Crippen LogP contribution in [0.2, 0.25) is 0 Å². The van der Waals surface area contributed by atoms with Crippen LogP contribution in [-0.4, -0.2) is 49.8 Å². The Bertz CT molecular complexity index is 570. The minimum absolute atomic E-state index is 0.150. The van der Waals surface area contributed by atoms with Gasteiger partial charge in [0, 0.05) is 6.42 Å². The average molecular weight is 276 g/mol. The topological polar surface area (TPSA) is 125 Å². The van der Waals surface area contributed by atoms with Gasteiger partial charge in [-0.25, -0.2) is 4.79 Å². The lowest BCUT2D eigenvalue weighted by atomic mass is 10.0. The maximum absolute atomic E-state index is 13.2. The molecule has 0 spiro atoms. The number of aliphatic hydroxyl groups is 3. The molecule has 2 unspecified atom stereocenters. The zero-order valence-corrected chi connectivity index (χ0v) is 9.69. The fourth-order valence-electron chi connectivity index (χ4n) is 1.94. The van der Waals surface area contributed by atoms with Crippen molar-refractivity contribution in [2.24, 2.45) is 0 Å². The highest BCUT2D eigenvalue weighted by molar-refractivity contribution is 4.92.